The molecule has 6 heteroatoms. The van der Waals surface area contributed by atoms with Gasteiger partial charge in [0.15, 0.2) is 0 Å². The summed E-state index contributed by atoms with van der Waals surface area (Å²) in [5.74, 6) is -0.884. The predicted molar refractivity (Wildman–Crippen MR) is 79.2 cm³/mol. The number of urea groups is 1. The van der Waals surface area contributed by atoms with Gasteiger partial charge in [0.2, 0.25) is 0 Å². The van der Waals surface area contributed by atoms with Crippen LogP contribution in [0.2, 0.25) is 0 Å². The Morgan fingerprint density at radius 3 is 2.71 bits per heavy atom. The van der Waals surface area contributed by atoms with E-state index in [0.717, 1.165) is 11.1 Å². The molecule has 4 N–H and O–H groups in total. The first-order valence-electron chi connectivity index (χ1n) is 6.94. The van der Waals surface area contributed by atoms with Gasteiger partial charge < -0.3 is 20.8 Å². The fraction of sp³-hybridized carbons (Fsp3) is 0.467. The van der Waals surface area contributed by atoms with Crippen LogP contribution in [-0.2, 0) is 11.2 Å². The lowest BCUT2D eigenvalue weighted by Crippen LogP contribution is -2.45. The van der Waals surface area contributed by atoms with Crippen LogP contribution in [0.15, 0.2) is 24.3 Å². The number of amides is 2. The number of aliphatic hydroxyl groups excluding tert-OH is 1. The average Bonchev–Trinajstić information content (AvgIpc) is 2.42. The van der Waals surface area contributed by atoms with E-state index in [1.165, 1.54) is 0 Å². The summed E-state index contributed by atoms with van der Waals surface area (Å²) in [5.41, 5.74) is 2.17. The van der Waals surface area contributed by atoms with E-state index in [4.69, 9.17) is 5.11 Å². The first kappa shape index (κ1) is 17.0. The molecule has 1 aromatic rings. The number of carbonyl (C=O) groups excluding carboxylic acids is 1. The monoisotopic (exact) mass is 294 g/mol. The van der Waals surface area contributed by atoms with Crippen molar-refractivity contribution in [3.63, 3.8) is 0 Å². The van der Waals surface area contributed by atoms with Crippen molar-refractivity contribution in [1.82, 2.24) is 10.6 Å². The molecule has 116 valence electrons. The summed E-state index contributed by atoms with van der Waals surface area (Å²) < 4.78 is 0. The largest absolute Gasteiger partial charge is 0.481 e. The standard InChI is InChI=1S/C15H22N2O4/c1-11-4-2-5-12(8-11)9-13(10-18)17-15(21)16-7-3-6-14(19)20/h2,4-5,8,13,18H,3,6-7,9-10H2,1H3,(H,19,20)(H2,16,17,21). The number of hydrogen-bond donors (Lipinski definition) is 4. The molecule has 1 rings (SSSR count). The maximum atomic E-state index is 11.6. The summed E-state index contributed by atoms with van der Waals surface area (Å²) in [6.45, 7) is 2.12. The van der Waals surface area contributed by atoms with Gasteiger partial charge in [-0.05, 0) is 25.3 Å². The van der Waals surface area contributed by atoms with Crippen LogP contribution < -0.4 is 10.6 Å². The third-order valence-corrected chi connectivity index (χ3v) is 2.97. The van der Waals surface area contributed by atoms with Crippen LogP contribution in [0, 0.1) is 6.92 Å². The van der Waals surface area contributed by atoms with Crippen LogP contribution in [0.5, 0.6) is 0 Å². The van der Waals surface area contributed by atoms with Gasteiger partial charge in [-0.2, -0.15) is 0 Å². The molecule has 0 saturated heterocycles. The van der Waals surface area contributed by atoms with Crippen LogP contribution in [0.1, 0.15) is 24.0 Å². The number of carboxylic acid groups (broad SMARTS) is 1. The van der Waals surface area contributed by atoms with Crippen LogP contribution in [0.3, 0.4) is 0 Å². The lowest BCUT2D eigenvalue weighted by Gasteiger charge is -2.17. The number of rotatable bonds is 8. The van der Waals surface area contributed by atoms with Crippen molar-refractivity contribution in [3.05, 3.63) is 35.4 Å². The second kappa shape index (κ2) is 8.97. The minimum absolute atomic E-state index is 0.0208. The lowest BCUT2D eigenvalue weighted by molar-refractivity contribution is -0.137. The molecule has 0 spiro atoms. The third-order valence-electron chi connectivity index (χ3n) is 2.97. The summed E-state index contributed by atoms with van der Waals surface area (Å²) in [6.07, 6.45) is 0.943. The number of carboxylic acids is 1. The van der Waals surface area contributed by atoms with Crippen molar-refractivity contribution in [2.45, 2.75) is 32.2 Å². The van der Waals surface area contributed by atoms with Crippen molar-refractivity contribution >= 4 is 12.0 Å². The van der Waals surface area contributed by atoms with E-state index >= 15 is 0 Å². The predicted octanol–water partition coefficient (Wildman–Crippen LogP) is 1.06. The number of aliphatic hydroxyl groups is 1. The fourth-order valence-corrected chi connectivity index (χ4v) is 1.96. The Hall–Kier alpha value is -2.08. The normalized spacial score (nSPS) is 11.7. The zero-order valence-electron chi connectivity index (χ0n) is 12.1. The van der Waals surface area contributed by atoms with E-state index in [-0.39, 0.29) is 19.1 Å². The molecule has 0 fully saturated rings. The highest BCUT2D eigenvalue weighted by atomic mass is 16.4. The topological polar surface area (TPSA) is 98.7 Å². The minimum Gasteiger partial charge on any atom is -0.481 e. The van der Waals surface area contributed by atoms with E-state index in [1.807, 2.05) is 31.2 Å². The summed E-state index contributed by atoms with van der Waals surface area (Å²) in [7, 11) is 0. The molecule has 6 nitrogen and oxygen atoms in total. The van der Waals surface area contributed by atoms with Gasteiger partial charge in [0.1, 0.15) is 0 Å². The SMILES string of the molecule is Cc1cccc(CC(CO)NC(=O)NCCCC(=O)O)c1. The van der Waals surface area contributed by atoms with Gasteiger partial charge in [-0.3, -0.25) is 4.79 Å². The molecular weight excluding hydrogens is 272 g/mol. The second-order valence-electron chi connectivity index (χ2n) is 4.97. The van der Waals surface area contributed by atoms with Crippen molar-refractivity contribution in [3.8, 4) is 0 Å². The molecule has 1 unspecified atom stereocenters. The molecule has 21 heavy (non-hydrogen) atoms. The quantitative estimate of drug-likeness (QED) is 0.539. The zero-order valence-corrected chi connectivity index (χ0v) is 12.1. The lowest BCUT2D eigenvalue weighted by atomic mass is 10.0. The Kier molecular flexibility index (Phi) is 7.25. The Morgan fingerprint density at radius 2 is 2.10 bits per heavy atom. The number of carbonyl (C=O) groups is 2. The maximum absolute atomic E-state index is 11.6. The minimum atomic E-state index is -0.884. The highest BCUT2D eigenvalue weighted by molar-refractivity contribution is 5.74. The van der Waals surface area contributed by atoms with Gasteiger partial charge >= 0.3 is 12.0 Å². The maximum Gasteiger partial charge on any atom is 0.315 e. The number of benzene rings is 1. The Labute approximate surface area is 124 Å². The molecule has 0 bridgehead atoms. The summed E-state index contributed by atoms with van der Waals surface area (Å²) in [4.78, 5) is 22.0. The van der Waals surface area contributed by atoms with Gasteiger partial charge in [0.05, 0.1) is 12.6 Å². The number of nitrogens with one attached hydrogen (secondary N) is 2. The van der Waals surface area contributed by atoms with Crippen molar-refractivity contribution in [2.24, 2.45) is 0 Å². The third kappa shape index (κ3) is 7.31. The van der Waals surface area contributed by atoms with Crippen molar-refractivity contribution < 1.29 is 19.8 Å². The first-order valence-corrected chi connectivity index (χ1v) is 6.94. The molecular formula is C15H22N2O4. The molecule has 1 aromatic carbocycles. The van der Waals surface area contributed by atoms with Gasteiger partial charge in [0, 0.05) is 13.0 Å². The van der Waals surface area contributed by atoms with E-state index in [1.54, 1.807) is 0 Å². The number of aryl methyl sites for hydroxylation is 1. The summed E-state index contributed by atoms with van der Waals surface area (Å²) in [6, 6.07) is 7.11. The molecule has 0 aliphatic heterocycles. The van der Waals surface area contributed by atoms with E-state index in [0.29, 0.717) is 19.4 Å². The smallest absolute Gasteiger partial charge is 0.315 e. The molecule has 0 aliphatic rings. The molecule has 2 amide bonds. The van der Waals surface area contributed by atoms with Crippen molar-refractivity contribution in [2.75, 3.05) is 13.2 Å². The fourth-order valence-electron chi connectivity index (χ4n) is 1.96. The molecule has 1 atom stereocenters. The molecule has 0 heterocycles. The Morgan fingerprint density at radius 1 is 1.33 bits per heavy atom. The highest BCUT2D eigenvalue weighted by Gasteiger charge is 2.12. The van der Waals surface area contributed by atoms with Gasteiger partial charge in [-0.15, -0.1) is 0 Å². The van der Waals surface area contributed by atoms with Gasteiger partial charge in [0.25, 0.3) is 0 Å². The average molecular weight is 294 g/mol. The van der Waals surface area contributed by atoms with Gasteiger partial charge in [-0.1, -0.05) is 29.8 Å². The summed E-state index contributed by atoms with van der Waals surface area (Å²) >= 11 is 0. The second-order valence-corrected chi connectivity index (χ2v) is 4.97. The van der Waals surface area contributed by atoms with Crippen LogP contribution in [0.25, 0.3) is 0 Å². The molecule has 0 aliphatic carbocycles. The van der Waals surface area contributed by atoms with E-state index < -0.39 is 12.0 Å². The van der Waals surface area contributed by atoms with Crippen LogP contribution in [-0.4, -0.2) is 41.4 Å². The molecule has 0 radical (unpaired) electrons. The number of aliphatic carboxylic acids is 1. The van der Waals surface area contributed by atoms with Crippen molar-refractivity contribution in [1.29, 1.82) is 0 Å². The van der Waals surface area contributed by atoms with Crippen LogP contribution in [0.4, 0.5) is 4.79 Å². The molecule has 0 aromatic heterocycles. The van der Waals surface area contributed by atoms with E-state index in [2.05, 4.69) is 10.6 Å². The molecule has 0 saturated carbocycles. The zero-order chi connectivity index (χ0) is 15.7. The Bertz CT molecular complexity index is 476. The van der Waals surface area contributed by atoms with Crippen LogP contribution >= 0.6 is 0 Å². The number of hydrogen-bond acceptors (Lipinski definition) is 3. The first-order chi connectivity index (χ1) is 10.0. The van der Waals surface area contributed by atoms with E-state index in [9.17, 15) is 14.7 Å². The van der Waals surface area contributed by atoms with Gasteiger partial charge in [-0.25, -0.2) is 4.79 Å². The Balaban J connectivity index is 2.36. The highest BCUT2D eigenvalue weighted by Crippen LogP contribution is 2.06. The summed E-state index contributed by atoms with van der Waals surface area (Å²) in [5, 5.41) is 23.1.